The summed E-state index contributed by atoms with van der Waals surface area (Å²) in [6.45, 7) is -0.484. The molecule has 5 nitrogen and oxygen atoms in total. The molecule has 0 saturated heterocycles. The van der Waals surface area contributed by atoms with Crippen LogP contribution >= 0.6 is 0 Å². The first-order valence-electron chi connectivity index (χ1n) is 6.11. The first-order valence-corrected chi connectivity index (χ1v) is 7.72. The van der Waals surface area contributed by atoms with Crippen LogP contribution in [-0.4, -0.2) is 43.1 Å². The van der Waals surface area contributed by atoms with Crippen LogP contribution in [0.15, 0.2) is 24.3 Å². The number of hydrogen-bond acceptors (Lipinski definition) is 3. The molecule has 0 fully saturated rings. The number of nitrogens with zero attached hydrogens (tertiary/aromatic N) is 1. The molecule has 1 aliphatic rings. The van der Waals surface area contributed by atoms with E-state index in [2.05, 4.69) is 0 Å². The highest BCUT2D eigenvalue weighted by Crippen LogP contribution is 2.27. The second-order valence-corrected chi connectivity index (χ2v) is 7.09. The molecule has 0 heterocycles. The lowest BCUT2D eigenvalue weighted by Crippen LogP contribution is -2.36. The number of aliphatic carboxylic acids is 1. The summed E-state index contributed by atoms with van der Waals surface area (Å²) in [5.74, 6) is -1.09. The van der Waals surface area contributed by atoms with Crippen molar-refractivity contribution in [2.45, 2.75) is 12.8 Å². The molecule has 0 bridgehead atoms. The second kappa shape index (κ2) is 5.30. The normalized spacial score (nSPS) is 15.7. The molecule has 0 radical (unpaired) electrons. The summed E-state index contributed by atoms with van der Waals surface area (Å²) in [5.41, 5.74) is 2.40. The number of rotatable bonds is 5. The molecule has 1 aromatic carbocycles. The average Bonchev–Trinajstić information content (AvgIpc) is 2.68. The minimum Gasteiger partial charge on any atom is -0.480 e. The van der Waals surface area contributed by atoms with Gasteiger partial charge in [0.05, 0.1) is 5.75 Å². The van der Waals surface area contributed by atoms with Crippen molar-refractivity contribution in [2.75, 3.05) is 19.3 Å². The van der Waals surface area contributed by atoms with Gasteiger partial charge >= 0.3 is 5.97 Å². The number of carboxylic acids is 1. The van der Waals surface area contributed by atoms with E-state index in [0.29, 0.717) is 0 Å². The lowest BCUT2D eigenvalue weighted by Gasteiger charge is -2.17. The summed E-state index contributed by atoms with van der Waals surface area (Å²) in [5, 5.41) is 8.64. The van der Waals surface area contributed by atoms with E-state index in [4.69, 9.17) is 5.11 Å². The van der Waals surface area contributed by atoms with Gasteiger partial charge in [0.15, 0.2) is 0 Å². The number of fused-ring (bicyclic) bond motifs is 1. The summed E-state index contributed by atoms with van der Waals surface area (Å²) in [6, 6.07) is 7.93. The Morgan fingerprint density at radius 3 is 2.32 bits per heavy atom. The minimum absolute atomic E-state index is 0.00542. The zero-order valence-electron chi connectivity index (χ0n) is 10.7. The molecule has 0 aromatic heterocycles. The summed E-state index contributed by atoms with van der Waals surface area (Å²) >= 11 is 0. The quantitative estimate of drug-likeness (QED) is 0.865. The number of benzene rings is 1. The molecular weight excluding hydrogens is 266 g/mol. The van der Waals surface area contributed by atoms with Gasteiger partial charge in [-0.25, -0.2) is 8.42 Å². The highest BCUT2D eigenvalue weighted by molar-refractivity contribution is 7.89. The smallest absolute Gasteiger partial charge is 0.318 e. The van der Waals surface area contributed by atoms with E-state index in [9.17, 15) is 13.2 Å². The molecule has 2 rings (SSSR count). The van der Waals surface area contributed by atoms with Crippen molar-refractivity contribution >= 4 is 16.0 Å². The number of sulfonamides is 1. The molecule has 0 unspecified atom stereocenters. The zero-order valence-corrected chi connectivity index (χ0v) is 11.6. The van der Waals surface area contributed by atoms with Crippen molar-refractivity contribution < 1.29 is 18.3 Å². The van der Waals surface area contributed by atoms with Crippen LogP contribution in [0.2, 0.25) is 0 Å². The Morgan fingerprint density at radius 1 is 1.32 bits per heavy atom. The van der Waals surface area contributed by atoms with Crippen LogP contribution in [0.3, 0.4) is 0 Å². The lowest BCUT2D eigenvalue weighted by atomic mass is 10.1. The summed E-state index contributed by atoms with van der Waals surface area (Å²) in [4.78, 5) is 10.6. The van der Waals surface area contributed by atoms with E-state index in [0.717, 1.165) is 17.1 Å². The zero-order chi connectivity index (χ0) is 14.0. The van der Waals surface area contributed by atoms with Crippen molar-refractivity contribution in [1.29, 1.82) is 0 Å². The topological polar surface area (TPSA) is 74.7 Å². The Balaban J connectivity index is 2.02. The maximum atomic E-state index is 12.0. The van der Waals surface area contributed by atoms with Gasteiger partial charge in [-0.15, -0.1) is 0 Å². The van der Waals surface area contributed by atoms with Gasteiger partial charge in [-0.2, -0.15) is 4.31 Å². The van der Waals surface area contributed by atoms with Crippen molar-refractivity contribution in [2.24, 2.45) is 5.92 Å². The Bertz CT molecular complexity index is 557. The minimum atomic E-state index is -3.50. The molecule has 0 spiro atoms. The molecular formula is C13H17NO4S. The lowest BCUT2D eigenvalue weighted by molar-refractivity contribution is -0.137. The Labute approximate surface area is 112 Å². The molecule has 6 heteroatoms. The fourth-order valence-electron chi connectivity index (χ4n) is 2.48. The van der Waals surface area contributed by atoms with E-state index in [1.165, 1.54) is 18.2 Å². The third-order valence-electron chi connectivity index (χ3n) is 3.41. The maximum Gasteiger partial charge on any atom is 0.318 e. The van der Waals surface area contributed by atoms with Gasteiger partial charge in [0.25, 0.3) is 0 Å². The number of carboxylic acid groups (broad SMARTS) is 1. The van der Waals surface area contributed by atoms with Gasteiger partial charge in [0.1, 0.15) is 6.54 Å². The van der Waals surface area contributed by atoms with Crippen LogP contribution in [0, 0.1) is 5.92 Å². The maximum absolute atomic E-state index is 12.0. The van der Waals surface area contributed by atoms with E-state index < -0.39 is 22.5 Å². The van der Waals surface area contributed by atoms with Crippen LogP contribution in [0.5, 0.6) is 0 Å². The standard InChI is InChI=1S/C13H17NO4S/c1-14(8-13(15)16)19(17,18)9-10-6-11-4-2-3-5-12(11)7-10/h2-5,10H,6-9H2,1H3,(H,15,16). The summed E-state index contributed by atoms with van der Waals surface area (Å²) in [7, 11) is -2.19. The van der Waals surface area contributed by atoms with Gasteiger partial charge in [0.2, 0.25) is 10.0 Å². The van der Waals surface area contributed by atoms with Crippen molar-refractivity contribution in [1.82, 2.24) is 4.31 Å². The monoisotopic (exact) mass is 283 g/mol. The van der Waals surface area contributed by atoms with E-state index >= 15 is 0 Å². The molecule has 0 saturated carbocycles. The first kappa shape index (κ1) is 14.0. The Morgan fingerprint density at radius 2 is 1.84 bits per heavy atom. The van der Waals surface area contributed by atoms with Crippen molar-refractivity contribution in [3.8, 4) is 0 Å². The predicted octanol–water partition coefficient (Wildman–Crippen LogP) is 0.748. The van der Waals surface area contributed by atoms with Crippen LogP contribution in [0.1, 0.15) is 11.1 Å². The highest BCUT2D eigenvalue weighted by Gasteiger charge is 2.29. The molecule has 0 amide bonds. The van der Waals surface area contributed by atoms with Crippen LogP contribution < -0.4 is 0 Å². The van der Waals surface area contributed by atoms with Gasteiger partial charge < -0.3 is 5.11 Å². The molecule has 1 aromatic rings. The third kappa shape index (κ3) is 3.33. The van der Waals surface area contributed by atoms with Crippen molar-refractivity contribution in [3.05, 3.63) is 35.4 Å². The molecule has 1 N–H and O–H groups in total. The number of likely N-dealkylation sites (N-methyl/N-ethyl adjacent to an activating group) is 1. The van der Waals surface area contributed by atoms with E-state index in [1.807, 2.05) is 24.3 Å². The van der Waals surface area contributed by atoms with Crippen molar-refractivity contribution in [3.63, 3.8) is 0 Å². The molecule has 1 aliphatic carbocycles. The molecule has 0 aliphatic heterocycles. The first-order chi connectivity index (χ1) is 8.88. The fraction of sp³-hybridized carbons (Fsp3) is 0.462. The van der Waals surface area contributed by atoms with Gasteiger partial charge in [0, 0.05) is 7.05 Å². The SMILES string of the molecule is CN(CC(=O)O)S(=O)(=O)CC1Cc2ccccc2C1. The van der Waals surface area contributed by atoms with E-state index in [-0.39, 0.29) is 11.7 Å². The molecule has 0 atom stereocenters. The van der Waals surface area contributed by atoms with Gasteiger partial charge in [-0.1, -0.05) is 24.3 Å². The predicted molar refractivity (Wildman–Crippen MR) is 71.4 cm³/mol. The Kier molecular flexibility index (Phi) is 3.91. The van der Waals surface area contributed by atoms with Crippen LogP contribution in [-0.2, 0) is 27.7 Å². The summed E-state index contributed by atoms with van der Waals surface area (Å²) < 4.78 is 25.0. The number of carbonyl (C=O) groups is 1. The largest absolute Gasteiger partial charge is 0.480 e. The number of hydrogen-bond donors (Lipinski definition) is 1. The average molecular weight is 283 g/mol. The second-order valence-electron chi connectivity index (χ2n) is 4.97. The van der Waals surface area contributed by atoms with E-state index in [1.54, 1.807) is 0 Å². The van der Waals surface area contributed by atoms with Gasteiger partial charge in [-0.3, -0.25) is 4.79 Å². The third-order valence-corrected chi connectivity index (χ3v) is 5.39. The van der Waals surface area contributed by atoms with Crippen LogP contribution in [0.25, 0.3) is 0 Å². The molecule has 104 valence electrons. The highest BCUT2D eigenvalue weighted by atomic mass is 32.2. The fourth-order valence-corrected chi connectivity index (χ4v) is 3.87. The Hall–Kier alpha value is -1.40. The van der Waals surface area contributed by atoms with Gasteiger partial charge in [-0.05, 0) is 29.9 Å². The van der Waals surface area contributed by atoms with Crippen LogP contribution in [0.4, 0.5) is 0 Å². The molecule has 19 heavy (non-hydrogen) atoms. The summed E-state index contributed by atoms with van der Waals surface area (Å²) in [6.07, 6.45) is 1.49.